The van der Waals surface area contributed by atoms with E-state index in [1.807, 2.05) is 35.9 Å². The van der Waals surface area contributed by atoms with E-state index in [-0.39, 0.29) is 11.4 Å². The molecule has 2 heterocycles. The van der Waals surface area contributed by atoms with Crippen molar-refractivity contribution in [2.75, 3.05) is 6.54 Å². The Morgan fingerprint density at radius 2 is 1.93 bits per heavy atom. The van der Waals surface area contributed by atoms with Gasteiger partial charge in [-0.05, 0) is 58.6 Å². The van der Waals surface area contributed by atoms with Crippen LogP contribution in [0.25, 0.3) is 11.0 Å². The molecular formula is C23H28N4O. The highest BCUT2D eigenvalue weighted by atomic mass is 16.1. The Hall–Kier alpha value is -2.69. The number of aromatic nitrogens is 3. The monoisotopic (exact) mass is 376 g/mol. The second-order valence-corrected chi connectivity index (χ2v) is 8.73. The molecule has 0 radical (unpaired) electrons. The lowest BCUT2D eigenvalue weighted by Gasteiger charge is -2.20. The van der Waals surface area contributed by atoms with Crippen molar-refractivity contribution in [2.24, 2.45) is 0 Å². The second-order valence-electron chi connectivity index (χ2n) is 8.73. The summed E-state index contributed by atoms with van der Waals surface area (Å²) in [5.74, 6) is 0.436. The molecule has 1 N–H and O–H groups in total. The molecule has 146 valence electrons. The molecule has 1 aliphatic carbocycles. The number of carbonyl (C=O) groups excluding carboxylic acids is 1. The summed E-state index contributed by atoms with van der Waals surface area (Å²) in [7, 11) is 0. The third-order valence-electron chi connectivity index (χ3n) is 5.25. The Kier molecular flexibility index (Phi) is 4.69. The Morgan fingerprint density at radius 3 is 2.57 bits per heavy atom. The lowest BCUT2D eigenvalue weighted by molar-refractivity contribution is 0.0955. The molecular weight excluding hydrogens is 348 g/mol. The summed E-state index contributed by atoms with van der Waals surface area (Å²) in [6.45, 7) is 8.92. The van der Waals surface area contributed by atoms with Crippen LogP contribution in [0.15, 0.2) is 36.4 Å². The smallest absolute Gasteiger partial charge is 0.252 e. The van der Waals surface area contributed by atoms with Gasteiger partial charge in [0.25, 0.3) is 5.91 Å². The van der Waals surface area contributed by atoms with E-state index in [1.54, 1.807) is 0 Å². The summed E-state index contributed by atoms with van der Waals surface area (Å²) < 4.78 is 1.96. The van der Waals surface area contributed by atoms with Gasteiger partial charge in [-0.1, -0.05) is 30.3 Å². The first-order valence-corrected chi connectivity index (χ1v) is 10.1. The molecule has 3 aromatic rings. The van der Waals surface area contributed by atoms with E-state index >= 15 is 0 Å². The van der Waals surface area contributed by atoms with Crippen molar-refractivity contribution in [3.05, 3.63) is 58.9 Å². The minimum absolute atomic E-state index is 0.0400. The van der Waals surface area contributed by atoms with Crippen LogP contribution in [-0.2, 0) is 12.0 Å². The first-order valence-electron chi connectivity index (χ1n) is 10.1. The minimum atomic E-state index is -0.192. The Morgan fingerprint density at radius 1 is 1.21 bits per heavy atom. The number of pyridine rings is 1. The number of fused-ring (bicyclic) bond motifs is 1. The van der Waals surface area contributed by atoms with Crippen LogP contribution >= 0.6 is 0 Å². The van der Waals surface area contributed by atoms with Crippen molar-refractivity contribution in [1.29, 1.82) is 0 Å². The third kappa shape index (κ3) is 3.66. The highest BCUT2D eigenvalue weighted by Gasteiger charge is 2.30. The van der Waals surface area contributed by atoms with E-state index in [0.717, 1.165) is 41.7 Å². The maximum atomic E-state index is 13.1. The van der Waals surface area contributed by atoms with Gasteiger partial charge in [0, 0.05) is 18.2 Å². The van der Waals surface area contributed by atoms with Gasteiger partial charge in [-0.3, -0.25) is 4.79 Å². The zero-order chi connectivity index (χ0) is 19.9. The predicted molar refractivity (Wildman–Crippen MR) is 112 cm³/mol. The summed E-state index contributed by atoms with van der Waals surface area (Å²) in [6.07, 6.45) is 3.11. The number of aryl methyl sites for hydroxylation is 1. The van der Waals surface area contributed by atoms with E-state index in [0.29, 0.717) is 18.0 Å². The summed E-state index contributed by atoms with van der Waals surface area (Å²) in [4.78, 5) is 18.0. The van der Waals surface area contributed by atoms with Crippen molar-refractivity contribution in [3.63, 3.8) is 0 Å². The molecule has 5 heteroatoms. The molecule has 1 amide bonds. The number of carbonyl (C=O) groups is 1. The van der Waals surface area contributed by atoms with E-state index in [9.17, 15) is 4.79 Å². The minimum Gasteiger partial charge on any atom is -0.352 e. The number of hydrogen-bond donors (Lipinski definition) is 1. The van der Waals surface area contributed by atoms with Gasteiger partial charge in [0.1, 0.15) is 0 Å². The van der Waals surface area contributed by atoms with E-state index < -0.39 is 0 Å². The number of nitrogens with zero attached hydrogens (tertiary/aromatic N) is 3. The van der Waals surface area contributed by atoms with Gasteiger partial charge in [-0.15, -0.1) is 0 Å². The summed E-state index contributed by atoms with van der Waals surface area (Å²) in [6, 6.07) is 12.2. The van der Waals surface area contributed by atoms with E-state index in [2.05, 4.69) is 38.2 Å². The van der Waals surface area contributed by atoms with Gasteiger partial charge >= 0.3 is 0 Å². The zero-order valence-electron chi connectivity index (χ0n) is 17.1. The maximum absolute atomic E-state index is 13.1. The van der Waals surface area contributed by atoms with Crippen LogP contribution in [0.2, 0.25) is 0 Å². The standard InChI is InChI=1S/C23H28N4O/c1-15-20-18(22(28)24-13-12-16-8-6-5-7-9-16)14-19(17-10-11-17)25-21(20)27(26-15)23(2,3)4/h5-9,14,17H,10-13H2,1-4H3,(H,24,28). The normalized spacial score (nSPS) is 14.4. The topological polar surface area (TPSA) is 59.8 Å². The second kappa shape index (κ2) is 7.04. The molecule has 1 aromatic carbocycles. The fourth-order valence-electron chi connectivity index (χ4n) is 3.60. The first kappa shape index (κ1) is 18.7. The molecule has 0 unspecified atom stereocenters. The van der Waals surface area contributed by atoms with Crippen LogP contribution in [0.5, 0.6) is 0 Å². The molecule has 0 bridgehead atoms. The lowest BCUT2D eigenvalue weighted by atomic mass is 10.1. The summed E-state index contributed by atoms with van der Waals surface area (Å²) in [5, 5.41) is 8.70. The van der Waals surface area contributed by atoms with Gasteiger partial charge in [0.05, 0.1) is 22.2 Å². The molecule has 1 fully saturated rings. The Bertz CT molecular complexity index is 1010. The van der Waals surface area contributed by atoms with Crippen molar-refractivity contribution in [1.82, 2.24) is 20.1 Å². The van der Waals surface area contributed by atoms with Gasteiger partial charge < -0.3 is 5.32 Å². The summed E-state index contributed by atoms with van der Waals surface area (Å²) >= 11 is 0. The van der Waals surface area contributed by atoms with Crippen molar-refractivity contribution in [3.8, 4) is 0 Å². The number of nitrogens with one attached hydrogen (secondary N) is 1. The molecule has 0 spiro atoms. The lowest BCUT2D eigenvalue weighted by Crippen LogP contribution is -2.26. The molecule has 4 rings (SSSR count). The Labute approximate surface area is 166 Å². The predicted octanol–water partition coefficient (Wildman–Crippen LogP) is 4.34. The Balaban J connectivity index is 1.67. The highest BCUT2D eigenvalue weighted by molar-refractivity contribution is 6.06. The molecule has 5 nitrogen and oxygen atoms in total. The fourth-order valence-corrected chi connectivity index (χ4v) is 3.60. The maximum Gasteiger partial charge on any atom is 0.252 e. The number of hydrogen-bond acceptors (Lipinski definition) is 3. The van der Waals surface area contributed by atoms with Crippen LogP contribution in [0.3, 0.4) is 0 Å². The molecule has 1 aliphatic rings. The van der Waals surface area contributed by atoms with Crippen LogP contribution in [-0.4, -0.2) is 27.2 Å². The van der Waals surface area contributed by atoms with Crippen LogP contribution in [0, 0.1) is 6.92 Å². The van der Waals surface area contributed by atoms with E-state index in [1.165, 1.54) is 5.56 Å². The first-order chi connectivity index (χ1) is 13.3. The average molecular weight is 377 g/mol. The van der Waals surface area contributed by atoms with Crippen LogP contribution < -0.4 is 5.32 Å². The molecule has 0 saturated heterocycles. The van der Waals surface area contributed by atoms with Crippen molar-refractivity contribution >= 4 is 16.9 Å². The van der Waals surface area contributed by atoms with Crippen molar-refractivity contribution < 1.29 is 4.79 Å². The quantitative estimate of drug-likeness (QED) is 0.720. The number of benzene rings is 1. The molecule has 2 aromatic heterocycles. The molecule has 0 aliphatic heterocycles. The van der Waals surface area contributed by atoms with Crippen LogP contribution in [0.1, 0.15) is 66.8 Å². The van der Waals surface area contributed by atoms with Gasteiger partial charge in [0.15, 0.2) is 5.65 Å². The van der Waals surface area contributed by atoms with Crippen LogP contribution in [0.4, 0.5) is 0 Å². The summed E-state index contributed by atoms with van der Waals surface area (Å²) in [5.41, 5.74) is 4.43. The SMILES string of the molecule is Cc1nn(C(C)(C)C)c2nc(C3CC3)cc(C(=O)NCCc3ccccc3)c12. The molecule has 28 heavy (non-hydrogen) atoms. The van der Waals surface area contributed by atoms with Gasteiger partial charge in [0.2, 0.25) is 0 Å². The largest absolute Gasteiger partial charge is 0.352 e. The van der Waals surface area contributed by atoms with E-state index in [4.69, 9.17) is 10.1 Å². The fraction of sp³-hybridized carbons (Fsp3) is 0.435. The van der Waals surface area contributed by atoms with Crippen molar-refractivity contribution in [2.45, 2.75) is 58.4 Å². The third-order valence-corrected chi connectivity index (χ3v) is 5.25. The number of rotatable bonds is 5. The highest BCUT2D eigenvalue weighted by Crippen LogP contribution is 2.40. The molecule has 1 saturated carbocycles. The zero-order valence-corrected chi connectivity index (χ0v) is 17.1. The van der Waals surface area contributed by atoms with Gasteiger partial charge in [-0.2, -0.15) is 5.10 Å². The average Bonchev–Trinajstić information content (AvgIpc) is 3.45. The number of amides is 1. The van der Waals surface area contributed by atoms with Gasteiger partial charge in [-0.25, -0.2) is 9.67 Å². The molecule has 0 atom stereocenters.